The number of aromatic nitrogens is 2. The lowest BCUT2D eigenvalue weighted by atomic mass is 10.2. The minimum atomic E-state index is 0.762. The fourth-order valence-corrected chi connectivity index (χ4v) is 2.07. The highest BCUT2D eigenvalue weighted by Crippen LogP contribution is 2.28. The van der Waals surface area contributed by atoms with Crippen molar-refractivity contribution in [3.05, 3.63) is 41.7 Å². The number of hydrogen-bond acceptors (Lipinski definition) is 4. The first-order valence-electron chi connectivity index (χ1n) is 4.37. The van der Waals surface area contributed by atoms with Gasteiger partial charge in [0, 0.05) is 12.4 Å². The molecule has 0 N–H and O–H groups in total. The van der Waals surface area contributed by atoms with E-state index in [9.17, 15) is 4.79 Å². The molecule has 0 atom stereocenters. The molecule has 0 aliphatic rings. The molecule has 0 fully saturated rings. The fourth-order valence-electron chi connectivity index (χ4n) is 1.22. The van der Waals surface area contributed by atoms with E-state index in [1.165, 1.54) is 6.08 Å². The molecule has 0 amide bonds. The van der Waals surface area contributed by atoms with Gasteiger partial charge in [0.2, 0.25) is 0 Å². The Hall–Kier alpha value is -1.81. The van der Waals surface area contributed by atoms with E-state index < -0.39 is 0 Å². The summed E-state index contributed by atoms with van der Waals surface area (Å²) in [5.41, 5.74) is 1.82. The predicted octanol–water partition coefficient (Wildman–Crippen LogP) is 2.42. The van der Waals surface area contributed by atoms with Gasteiger partial charge < -0.3 is 0 Å². The van der Waals surface area contributed by atoms with Gasteiger partial charge in [0.05, 0.1) is 16.8 Å². The lowest BCUT2D eigenvalue weighted by molar-refractivity contribution is -0.104. The molecule has 4 heteroatoms. The third-order valence-corrected chi connectivity index (χ3v) is 2.80. The molecular weight excluding hydrogens is 208 g/mol. The Morgan fingerprint density at radius 1 is 1.33 bits per heavy atom. The summed E-state index contributed by atoms with van der Waals surface area (Å²) in [6.07, 6.45) is 9.01. The highest BCUT2D eigenvalue weighted by atomic mass is 32.1. The number of carbonyl (C=O) groups excluding carboxylic acids is 1. The van der Waals surface area contributed by atoms with Crippen LogP contribution in [0.3, 0.4) is 0 Å². The van der Waals surface area contributed by atoms with Gasteiger partial charge >= 0.3 is 0 Å². The van der Waals surface area contributed by atoms with Crippen LogP contribution in [0.2, 0.25) is 0 Å². The molecule has 74 valence electrons. The summed E-state index contributed by atoms with van der Waals surface area (Å²) in [6, 6.07) is 1.95. The van der Waals surface area contributed by atoms with Crippen LogP contribution in [0.1, 0.15) is 5.56 Å². The average Bonchev–Trinajstić information content (AvgIpc) is 2.75. The van der Waals surface area contributed by atoms with Gasteiger partial charge in [-0.15, -0.1) is 11.3 Å². The van der Waals surface area contributed by atoms with E-state index in [0.29, 0.717) is 0 Å². The van der Waals surface area contributed by atoms with E-state index in [0.717, 1.165) is 22.4 Å². The lowest BCUT2D eigenvalue weighted by Gasteiger charge is -1.96. The number of nitrogens with zero attached hydrogens (tertiary/aromatic N) is 2. The van der Waals surface area contributed by atoms with E-state index in [1.54, 1.807) is 36.0 Å². The molecular formula is C11H8N2OS. The molecule has 0 aliphatic carbocycles. The smallest absolute Gasteiger partial charge is 0.142 e. The summed E-state index contributed by atoms with van der Waals surface area (Å²) in [6.45, 7) is 0. The molecule has 0 unspecified atom stereocenters. The molecule has 2 heterocycles. The summed E-state index contributed by atoms with van der Waals surface area (Å²) < 4.78 is 0. The molecule has 0 radical (unpaired) electrons. The average molecular weight is 216 g/mol. The van der Waals surface area contributed by atoms with Crippen molar-refractivity contribution in [2.45, 2.75) is 0 Å². The molecule has 2 rings (SSSR count). The van der Waals surface area contributed by atoms with Crippen molar-refractivity contribution in [2.24, 2.45) is 0 Å². The molecule has 0 bridgehead atoms. The molecule has 3 nitrogen and oxygen atoms in total. The summed E-state index contributed by atoms with van der Waals surface area (Å²) in [4.78, 5) is 19.5. The second-order valence-corrected chi connectivity index (χ2v) is 3.71. The summed E-state index contributed by atoms with van der Waals surface area (Å²) in [7, 11) is 0. The Morgan fingerprint density at radius 3 is 3.00 bits per heavy atom. The fraction of sp³-hybridized carbons (Fsp3) is 0. The van der Waals surface area contributed by atoms with E-state index in [4.69, 9.17) is 0 Å². The molecule has 0 saturated heterocycles. The van der Waals surface area contributed by atoms with Crippen LogP contribution in [0.25, 0.3) is 16.6 Å². The quantitative estimate of drug-likeness (QED) is 0.584. The third-order valence-electron chi connectivity index (χ3n) is 1.85. The van der Waals surface area contributed by atoms with Crippen LogP contribution >= 0.6 is 11.3 Å². The number of thiophene rings is 1. The number of rotatable bonds is 3. The standard InChI is InChI=1S/C11H8N2OS/c14-6-1-2-9-3-7-15-11(9)10-8-12-4-5-13-10/h1-8H/b2-1+. The van der Waals surface area contributed by atoms with E-state index >= 15 is 0 Å². The predicted molar refractivity (Wildman–Crippen MR) is 60.4 cm³/mol. The second-order valence-electron chi connectivity index (χ2n) is 2.79. The minimum absolute atomic E-state index is 0.762. The van der Waals surface area contributed by atoms with Crippen molar-refractivity contribution < 1.29 is 4.79 Å². The Kier molecular flexibility index (Phi) is 2.99. The normalized spacial score (nSPS) is 10.7. The highest BCUT2D eigenvalue weighted by molar-refractivity contribution is 7.13. The van der Waals surface area contributed by atoms with Crippen LogP contribution in [0, 0.1) is 0 Å². The van der Waals surface area contributed by atoms with Crippen molar-refractivity contribution in [3.8, 4) is 10.6 Å². The van der Waals surface area contributed by atoms with Crippen LogP contribution in [-0.2, 0) is 4.79 Å². The van der Waals surface area contributed by atoms with E-state index in [-0.39, 0.29) is 0 Å². The van der Waals surface area contributed by atoms with Gasteiger partial charge in [0.25, 0.3) is 0 Å². The second kappa shape index (κ2) is 4.61. The maximum absolute atomic E-state index is 10.2. The van der Waals surface area contributed by atoms with Gasteiger partial charge in [0.15, 0.2) is 0 Å². The molecule has 2 aromatic heterocycles. The zero-order valence-corrected chi connectivity index (χ0v) is 8.65. The molecule has 0 aromatic carbocycles. The van der Waals surface area contributed by atoms with Crippen LogP contribution in [0.5, 0.6) is 0 Å². The van der Waals surface area contributed by atoms with Crippen molar-refractivity contribution >= 4 is 23.7 Å². The maximum Gasteiger partial charge on any atom is 0.142 e. The van der Waals surface area contributed by atoms with Gasteiger partial charge in [0.1, 0.15) is 6.29 Å². The molecule has 0 aliphatic heterocycles. The van der Waals surface area contributed by atoms with Crippen molar-refractivity contribution in [1.82, 2.24) is 9.97 Å². The Morgan fingerprint density at radius 2 is 2.27 bits per heavy atom. The van der Waals surface area contributed by atoms with Crippen molar-refractivity contribution in [2.75, 3.05) is 0 Å². The number of hydrogen-bond donors (Lipinski definition) is 0. The van der Waals surface area contributed by atoms with Gasteiger partial charge in [-0.05, 0) is 23.1 Å². The largest absolute Gasteiger partial charge is 0.299 e. The Balaban J connectivity index is 2.41. The van der Waals surface area contributed by atoms with Crippen molar-refractivity contribution in [1.29, 1.82) is 0 Å². The van der Waals surface area contributed by atoms with Gasteiger partial charge in [-0.25, -0.2) is 0 Å². The third kappa shape index (κ3) is 2.16. The van der Waals surface area contributed by atoms with Gasteiger partial charge in [-0.2, -0.15) is 0 Å². The number of carbonyl (C=O) groups is 1. The first kappa shape index (κ1) is 9.73. The van der Waals surface area contributed by atoms with Crippen LogP contribution in [-0.4, -0.2) is 16.3 Å². The van der Waals surface area contributed by atoms with Crippen molar-refractivity contribution in [3.63, 3.8) is 0 Å². The zero-order valence-electron chi connectivity index (χ0n) is 7.83. The monoisotopic (exact) mass is 216 g/mol. The van der Waals surface area contributed by atoms with E-state index in [2.05, 4.69) is 9.97 Å². The summed E-state index contributed by atoms with van der Waals surface area (Å²) >= 11 is 1.58. The van der Waals surface area contributed by atoms with E-state index in [1.807, 2.05) is 11.4 Å². The van der Waals surface area contributed by atoms with Crippen LogP contribution in [0.15, 0.2) is 36.1 Å². The highest BCUT2D eigenvalue weighted by Gasteiger charge is 2.04. The SMILES string of the molecule is O=C/C=C/c1ccsc1-c1cnccn1. The minimum Gasteiger partial charge on any atom is -0.299 e. The van der Waals surface area contributed by atoms with Gasteiger partial charge in [-0.3, -0.25) is 14.8 Å². The van der Waals surface area contributed by atoms with Crippen LogP contribution in [0.4, 0.5) is 0 Å². The molecule has 0 saturated carbocycles. The molecule has 15 heavy (non-hydrogen) atoms. The lowest BCUT2D eigenvalue weighted by Crippen LogP contribution is -1.82. The Bertz CT molecular complexity index is 476. The zero-order chi connectivity index (χ0) is 10.5. The topological polar surface area (TPSA) is 42.9 Å². The molecule has 2 aromatic rings. The van der Waals surface area contributed by atoms with Gasteiger partial charge in [-0.1, -0.05) is 6.08 Å². The summed E-state index contributed by atoms with van der Waals surface area (Å²) in [5.74, 6) is 0. The first-order chi connectivity index (χ1) is 7.42. The first-order valence-corrected chi connectivity index (χ1v) is 5.25. The maximum atomic E-state index is 10.2. The Labute approximate surface area is 91.1 Å². The number of aldehydes is 1. The molecule has 0 spiro atoms. The summed E-state index contributed by atoms with van der Waals surface area (Å²) in [5, 5.41) is 1.97. The number of allylic oxidation sites excluding steroid dienone is 1. The van der Waals surface area contributed by atoms with Crippen LogP contribution < -0.4 is 0 Å².